The van der Waals surface area contributed by atoms with E-state index in [9.17, 15) is 0 Å². The Hall–Kier alpha value is -0.980. The summed E-state index contributed by atoms with van der Waals surface area (Å²) in [7, 11) is 0. The lowest BCUT2D eigenvalue weighted by Crippen LogP contribution is -2.49. The highest BCUT2D eigenvalue weighted by atomic mass is 35.5. The van der Waals surface area contributed by atoms with Gasteiger partial charge in [0, 0.05) is 31.8 Å². The van der Waals surface area contributed by atoms with Crippen molar-refractivity contribution in [1.82, 2.24) is 20.1 Å². The summed E-state index contributed by atoms with van der Waals surface area (Å²) >= 11 is 5.86. The fraction of sp³-hybridized carbons (Fsp3) is 0.786. The van der Waals surface area contributed by atoms with Gasteiger partial charge in [0.15, 0.2) is 5.15 Å². The Morgan fingerprint density at radius 3 is 2.81 bits per heavy atom. The highest BCUT2D eigenvalue weighted by Gasteiger charge is 2.27. The van der Waals surface area contributed by atoms with Crippen LogP contribution in [-0.4, -0.2) is 58.5 Å². The van der Waals surface area contributed by atoms with Crippen LogP contribution in [0.3, 0.4) is 0 Å². The first-order valence-electron chi connectivity index (χ1n) is 7.67. The highest BCUT2D eigenvalue weighted by Crippen LogP contribution is 2.21. The number of nitrogens with one attached hydrogen (secondary N) is 1. The minimum Gasteiger partial charge on any atom is -0.381 e. The van der Waals surface area contributed by atoms with Crippen molar-refractivity contribution in [3.8, 4) is 0 Å². The van der Waals surface area contributed by atoms with Crippen LogP contribution in [0.4, 0.5) is 5.95 Å². The molecule has 2 saturated heterocycles. The molecule has 1 N–H and O–H groups in total. The van der Waals surface area contributed by atoms with E-state index < -0.39 is 0 Å². The lowest BCUT2D eigenvalue weighted by Gasteiger charge is -2.40. The third-order valence-corrected chi connectivity index (χ3v) is 4.65. The van der Waals surface area contributed by atoms with Crippen LogP contribution in [0.25, 0.3) is 0 Å². The zero-order valence-corrected chi connectivity index (χ0v) is 13.1. The second-order valence-corrected chi connectivity index (χ2v) is 6.19. The zero-order valence-electron chi connectivity index (χ0n) is 12.4. The van der Waals surface area contributed by atoms with Crippen molar-refractivity contribution in [3.63, 3.8) is 0 Å². The van der Waals surface area contributed by atoms with Gasteiger partial charge in [-0.05, 0) is 39.2 Å². The quantitative estimate of drug-likeness (QED) is 0.919. The van der Waals surface area contributed by atoms with Gasteiger partial charge in [-0.1, -0.05) is 11.6 Å². The first-order chi connectivity index (χ1) is 10.2. The number of hydrogen-bond acceptors (Lipinski definition) is 6. The average Bonchev–Trinajstić information content (AvgIpc) is 2.52. The summed E-state index contributed by atoms with van der Waals surface area (Å²) in [6.45, 7) is 5.85. The van der Waals surface area contributed by atoms with Crippen LogP contribution in [0.5, 0.6) is 0 Å². The fourth-order valence-corrected chi connectivity index (χ4v) is 3.22. The van der Waals surface area contributed by atoms with Crippen molar-refractivity contribution in [3.05, 3.63) is 10.8 Å². The molecular formula is C14H22ClN5O. The van der Waals surface area contributed by atoms with Crippen LogP contribution >= 0.6 is 11.6 Å². The van der Waals surface area contributed by atoms with Crippen LogP contribution in [-0.2, 0) is 4.74 Å². The molecule has 0 saturated carbocycles. The second-order valence-electron chi connectivity index (χ2n) is 5.83. The van der Waals surface area contributed by atoms with Crippen molar-refractivity contribution >= 4 is 17.5 Å². The summed E-state index contributed by atoms with van der Waals surface area (Å²) in [6, 6.07) is 1.04. The molecule has 0 aromatic carbocycles. The molecule has 0 aliphatic carbocycles. The lowest BCUT2D eigenvalue weighted by molar-refractivity contribution is 0.0255. The van der Waals surface area contributed by atoms with Crippen molar-refractivity contribution in [1.29, 1.82) is 0 Å². The van der Waals surface area contributed by atoms with Gasteiger partial charge in [0.1, 0.15) is 0 Å². The maximum atomic E-state index is 5.86. The fourth-order valence-electron chi connectivity index (χ4n) is 3.14. The zero-order chi connectivity index (χ0) is 14.7. The van der Waals surface area contributed by atoms with Gasteiger partial charge < -0.3 is 10.1 Å². The van der Waals surface area contributed by atoms with Crippen LogP contribution in [0.15, 0.2) is 0 Å². The molecule has 1 atom stereocenters. The van der Waals surface area contributed by atoms with Gasteiger partial charge in [0.25, 0.3) is 0 Å². The molecule has 2 aliphatic rings. The third kappa shape index (κ3) is 3.81. The summed E-state index contributed by atoms with van der Waals surface area (Å²) in [6.07, 6.45) is 4.63. The predicted octanol–water partition coefficient (Wildman–Crippen LogP) is 1.89. The molecule has 0 radical (unpaired) electrons. The number of nitrogens with zero attached hydrogens (tertiary/aromatic N) is 4. The number of ether oxygens (including phenoxy) is 1. The Kier molecular flexibility index (Phi) is 4.87. The molecular weight excluding hydrogens is 290 g/mol. The number of aryl methyl sites for hydroxylation is 1. The van der Waals surface area contributed by atoms with Gasteiger partial charge in [-0.15, -0.1) is 10.2 Å². The first-order valence-corrected chi connectivity index (χ1v) is 8.05. The third-order valence-electron chi connectivity index (χ3n) is 4.30. The first kappa shape index (κ1) is 14.9. The molecule has 0 spiro atoms. The van der Waals surface area contributed by atoms with Gasteiger partial charge in [-0.25, -0.2) is 4.98 Å². The van der Waals surface area contributed by atoms with Gasteiger partial charge in [-0.3, -0.25) is 4.90 Å². The molecule has 1 aromatic heterocycles. The van der Waals surface area contributed by atoms with E-state index in [0.717, 1.165) is 39.0 Å². The van der Waals surface area contributed by atoms with Crippen molar-refractivity contribution < 1.29 is 4.74 Å². The molecule has 1 aromatic rings. The molecule has 0 bridgehead atoms. The van der Waals surface area contributed by atoms with Crippen molar-refractivity contribution in [2.45, 2.75) is 44.7 Å². The van der Waals surface area contributed by atoms with E-state index >= 15 is 0 Å². The van der Waals surface area contributed by atoms with Crippen LogP contribution < -0.4 is 5.32 Å². The Morgan fingerprint density at radius 2 is 2.05 bits per heavy atom. The van der Waals surface area contributed by atoms with E-state index in [2.05, 4.69) is 25.4 Å². The van der Waals surface area contributed by atoms with Gasteiger partial charge in [0.05, 0.1) is 5.69 Å². The average molecular weight is 312 g/mol. The Balaban J connectivity index is 1.59. The monoisotopic (exact) mass is 311 g/mol. The predicted molar refractivity (Wildman–Crippen MR) is 81.6 cm³/mol. The number of hydrogen-bond donors (Lipinski definition) is 1. The molecule has 6 nitrogen and oxygen atoms in total. The Bertz CT molecular complexity index is 480. The summed E-state index contributed by atoms with van der Waals surface area (Å²) in [4.78, 5) is 6.93. The van der Waals surface area contributed by atoms with Crippen LogP contribution in [0, 0.1) is 6.92 Å². The second kappa shape index (κ2) is 6.85. The normalized spacial score (nSPS) is 25.0. The van der Waals surface area contributed by atoms with E-state index in [4.69, 9.17) is 16.3 Å². The molecule has 21 heavy (non-hydrogen) atoms. The number of likely N-dealkylation sites (tertiary alicyclic amines) is 1. The number of piperidine rings is 1. The minimum absolute atomic E-state index is 0.369. The standard InChI is InChI=1S/C14H22ClN5O/c1-10-13(15)18-19-14(16-10)17-11-3-2-6-20(9-11)12-4-7-21-8-5-12/h11-12H,2-9H2,1H3,(H,16,17,19)/t11-/m1/s1. The summed E-state index contributed by atoms with van der Waals surface area (Å²) in [5.74, 6) is 0.579. The van der Waals surface area contributed by atoms with Gasteiger partial charge >= 0.3 is 0 Å². The van der Waals surface area contributed by atoms with Crippen LogP contribution in [0.2, 0.25) is 5.15 Å². The van der Waals surface area contributed by atoms with E-state index in [0.29, 0.717) is 28.9 Å². The molecule has 116 valence electrons. The van der Waals surface area contributed by atoms with E-state index in [1.165, 1.54) is 13.0 Å². The molecule has 3 rings (SSSR count). The van der Waals surface area contributed by atoms with E-state index in [-0.39, 0.29) is 0 Å². The number of rotatable bonds is 3. The Morgan fingerprint density at radius 1 is 1.24 bits per heavy atom. The topological polar surface area (TPSA) is 63.2 Å². The van der Waals surface area contributed by atoms with E-state index in [1.807, 2.05) is 6.92 Å². The van der Waals surface area contributed by atoms with Gasteiger partial charge in [-0.2, -0.15) is 0 Å². The van der Waals surface area contributed by atoms with Crippen molar-refractivity contribution in [2.24, 2.45) is 0 Å². The van der Waals surface area contributed by atoms with Crippen molar-refractivity contribution in [2.75, 3.05) is 31.6 Å². The summed E-state index contributed by atoms with van der Waals surface area (Å²) < 4.78 is 5.45. The molecule has 0 unspecified atom stereocenters. The van der Waals surface area contributed by atoms with E-state index in [1.54, 1.807) is 0 Å². The molecule has 7 heteroatoms. The maximum absolute atomic E-state index is 5.86. The highest BCUT2D eigenvalue weighted by molar-refractivity contribution is 6.29. The molecule has 2 aliphatic heterocycles. The maximum Gasteiger partial charge on any atom is 0.243 e. The number of anilines is 1. The van der Waals surface area contributed by atoms with Crippen LogP contribution in [0.1, 0.15) is 31.4 Å². The lowest BCUT2D eigenvalue weighted by atomic mass is 10.00. The number of halogens is 1. The Labute approximate surface area is 130 Å². The number of aromatic nitrogens is 3. The largest absolute Gasteiger partial charge is 0.381 e. The molecule has 2 fully saturated rings. The smallest absolute Gasteiger partial charge is 0.243 e. The molecule has 3 heterocycles. The summed E-state index contributed by atoms with van der Waals surface area (Å²) in [5, 5.41) is 11.7. The van der Waals surface area contributed by atoms with Gasteiger partial charge in [0.2, 0.25) is 5.95 Å². The minimum atomic E-state index is 0.369. The molecule has 0 amide bonds. The summed E-state index contributed by atoms with van der Waals surface area (Å²) in [5.41, 5.74) is 0.714. The SMILES string of the molecule is Cc1nc(N[C@@H]2CCCN(C3CCOCC3)C2)nnc1Cl.